The van der Waals surface area contributed by atoms with E-state index in [1.807, 2.05) is 48.5 Å². The first-order valence-electron chi connectivity index (χ1n) is 9.12. The predicted molar refractivity (Wildman–Crippen MR) is 108 cm³/mol. The average Bonchev–Trinajstić information content (AvgIpc) is 3.19. The van der Waals surface area contributed by atoms with E-state index < -0.39 is 5.92 Å². The van der Waals surface area contributed by atoms with Gasteiger partial charge in [-0.25, -0.2) is 4.98 Å². The van der Waals surface area contributed by atoms with Crippen LogP contribution in [-0.2, 0) is 9.53 Å². The topological polar surface area (TPSA) is 73.4 Å². The van der Waals surface area contributed by atoms with Gasteiger partial charge in [0.25, 0.3) is 0 Å². The minimum absolute atomic E-state index is 0.307. The van der Waals surface area contributed by atoms with Gasteiger partial charge in [0.2, 0.25) is 0 Å². The molecule has 0 aliphatic heterocycles. The zero-order chi connectivity index (χ0) is 20.1. The molecular weight excluding hydrogens is 356 g/mol. The van der Waals surface area contributed by atoms with E-state index in [9.17, 15) is 4.79 Å². The summed E-state index contributed by atoms with van der Waals surface area (Å²) in [6.45, 7) is 3.91. The lowest BCUT2D eigenvalue weighted by Crippen LogP contribution is -2.14. The predicted octanol–water partition coefficient (Wildman–Crippen LogP) is 4.43. The van der Waals surface area contributed by atoms with Crippen molar-refractivity contribution in [1.29, 1.82) is 0 Å². The monoisotopic (exact) mass is 380 g/mol. The molecule has 146 valence electrons. The molecular formula is C22H24N2O4. The number of carbonyl (C=O) groups excluding carboxylic acids is 1. The van der Waals surface area contributed by atoms with Crippen LogP contribution in [-0.4, -0.2) is 36.8 Å². The van der Waals surface area contributed by atoms with Gasteiger partial charge in [-0.2, -0.15) is 0 Å². The minimum atomic E-state index is -0.496. The van der Waals surface area contributed by atoms with Crippen LogP contribution in [0.15, 0.2) is 48.5 Å². The summed E-state index contributed by atoms with van der Waals surface area (Å²) in [5, 5.41) is 0. The van der Waals surface area contributed by atoms with Crippen molar-refractivity contribution in [3.63, 3.8) is 0 Å². The SMILES string of the molecule is CCOC(=O)C(C)c1nc(-c2ccc(OC)cc2)c(-c2ccc(OC)cc2)[nH]1. The van der Waals surface area contributed by atoms with Crippen LogP contribution < -0.4 is 9.47 Å². The van der Waals surface area contributed by atoms with Crippen LogP contribution in [0.4, 0.5) is 0 Å². The average molecular weight is 380 g/mol. The Morgan fingerprint density at radius 2 is 1.50 bits per heavy atom. The molecule has 3 rings (SSSR count). The Morgan fingerprint density at radius 1 is 0.964 bits per heavy atom. The fourth-order valence-corrected chi connectivity index (χ4v) is 2.90. The lowest BCUT2D eigenvalue weighted by Gasteiger charge is -2.07. The standard InChI is InChI=1S/C22H24N2O4/c1-5-28-22(25)14(2)21-23-19(15-6-10-17(26-3)11-7-15)20(24-21)16-8-12-18(27-4)13-9-16/h6-14H,5H2,1-4H3,(H,23,24). The van der Waals surface area contributed by atoms with Crippen molar-refractivity contribution in [1.82, 2.24) is 9.97 Å². The Morgan fingerprint density at radius 3 is 2.00 bits per heavy atom. The van der Waals surface area contributed by atoms with Crippen LogP contribution in [0.2, 0.25) is 0 Å². The van der Waals surface area contributed by atoms with Crippen molar-refractivity contribution >= 4 is 5.97 Å². The second-order valence-electron chi connectivity index (χ2n) is 6.28. The maximum atomic E-state index is 12.2. The molecule has 1 N–H and O–H groups in total. The van der Waals surface area contributed by atoms with E-state index in [1.54, 1.807) is 28.1 Å². The van der Waals surface area contributed by atoms with E-state index in [1.165, 1.54) is 0 Å². The number of hydrogen-bond donors (Lipinski definition) is 1. The number of H-pyrrole nitrogens is 1. The van der Waals surface area contributed by atoms with E-state index in [0.29, 0.717) is 12.4 Å². The van der Waals surface area contributed by atoms with Gasteiger partial charge in [0.05, 0.1) is 32.2 Å². The Balaban J connectivity index is 2.07. The number of imidazole rings is 1. The number of esters is 1. The fourth-order valence-electron chi connectivity index (χ4n) is 2.90. The van der Waals surface area contributed by atoms with Gasteiger partial charge in [-0.05, 0) is 62.4 Å². The van der Waals surface area contributed by atoms with Gasteiger partial charge in [-0.15, -0.1) is 0 Å². The normalized spacial score (nSPS) is 11.7. The molecule has 0 spiro atoms. The molecule has 0 aliphatic rings. The first kappa shape index (κ1) is 19.5. The van der Waals surface area contributed by atoms with E-state index in [0.717, 1.165) is 34.0 Å². The molecule has 0 radical (unpaired) electrons. The van der Waals surface area contributed by atoms with Crippen molar-refractivity contribution < 1.29 is 19.0 Å². The first-order chi connectivity index (χ1) is 13.6. The molecule has 1 heterocycles. The molecule has 6 nitrogen and oxygen atoms in total. The summed E-state index contributed by atoms with van der Waals surface area (Å²) in [5.74, 6) is 1.30. The van der Waals surface area contributed by atoms with Crippen molar-refractivity contribution in [2.45, 2.75) is 19.8 Å². The van der Waals surface area contributed by atoms with Gasteiger partial charge in [-0.1, -0.05) is 0 Å². The molecule has 2 aromatic carbocycles. The molecule has 0 bridgehead atoms. The molecule has 3 aromatic rings. The molecule has 28 heavy (non-hydrogen) atoms. The van der Waals surface area contributed by atoms with Gasteiger partial charge in [0, 0.05) is 11.1 Å². The minimum Gasteiger partial charge on any atom is -0.497 e. The maximum absolute atomic E-state index is 12.2. The first-order valence-corrected chi connectivity index (χ1v) is 9.12. The second kappa shape index (κ2) is 8.61. The summed E-state index contributed by atoms with van der Waals surface area (Å²) < 4.78 is 15.6. The second-order valence-corrected chi connectivity index (χ2v) is 6.28. The summed E-state index contributed by atoms with van der Waals surface area (Å²) >= 11 is 0. The number of ether oxygens (including phenoxy) is 3. The number of aromatic amines is 1. The third-order valence-electron chi connectivity index (χ3n) is 4.51. The van der Waals surface area contributed by atoms with Crippen molar-refractivity contribution in [2.24, 2.45) is 0 Å². The van der Waals surface area contributed by atoms with Gasteiger partial charge in [0.15, 0.2) is 0 Å². The molecule has 0 saturated carbocycles. The molecule has 1 unspecified atom stereocenters. The summed E-state index contributed by atoms with van der Waals surface area (Å²) in [5.41, 5.74) is 3.46. The third-order valence-corrected chi connectivity index (χ3v) is 4.51. The third kappa shape index (κ3) is 4.01. The largest absolute Gasteiger partial charge is 0.497 e. The number of methoxy groups -OCH3 is 2. The van der Waals surface area contributed by atoms with Gasteiger partial charge in [0.1, 0.15) is 23.2 Å². The van der Waals surface area contributed by atoms with Gasteiger partial charge >= 0.3 is 5.97 Å². The van der Waals surface area contributed by atoms with Crippen molar-refractivity contribution in [2.75, 3.05) is 20.8 Å². The summed E-state index contributed by atoms with van der Waals surface area (Å²) in [4.78, 5) is 20.2. The van der Waals surface area contributed by atoms with E-state index >= 15 is 0 Å². The van der Waals surface area contributed by atoms with Gasteiger partial charge < -0.3 is 19.2 Å². The van der Waals surface area contributed by atoms with E-state index in [2.05, 4.69) is 4.98 Å². The number of hydrogen-bond acceptors (Lipinski definition) is 5. The molecule has 1 aromatic heterocycles. The number of benzene rings is 2. The highest BCUT2D eigenvalue weighted by atomic mass is 16.5. The van der Waals surface area contributed by atoms with Gasteiger partial charge in [-0.3, -0.25) is 4.79 Å². The highest BCUT2D eigenvalue weighted by molar-refractivity contribution is 5.81. The zero-order valence-corrected chi connectivity index (χ0v) is 16.5. The van der Waals surface area contributed by atoms with Crippen molar-refractivity contribution in [3.05, 3.63) is 54.4 Å². The smallest absolute Gasteiger partial charge is 0.316 e. The zero-order valence-electron chi connectivity index (χ0n) is 16.5. The number of aromatic nitrogens is 2. The molecule has 6 heteroatoms. The van der Waals surface area contributed by atoms with Crippen LogP contribution in [0, 0.1) is 0 Å². The number of nitrogens with one attached hydrogen (secondary N) is 1. The Bertz CT molecular complexity index is 865. The lowest BCUT2D eigenvalue weighted by molar-refractivity contribution is -0.144. The van der Waals surface area contributed by atoms with E-state index in [4.69, 9.17) is 19.2 Å². The molecule has 0 saturated heterocycles. The lowest BCUT2D eigenvalue weighted by atomic mass is 10.0. The van der Waals surface area contributed by atoms with E-state index in [-0.39, 0.29) is 5.97 Å². The fraction of sp³-hybridized carbons (Fsp3) is 0.273. The Hall–Kier alpha value is -3.28. The summed E-state index contributed by atoms with van der Waals surface area (Å²) in [6.07, 6.45) is 0. The summed E-state index contributed by atoms with van der Waals surface area (Å²) in [7, 11) is 3.26. The number of nitrogens with zero attached hydrogens (tertiary/aromatic N) is 1. The summed E-state index contributed by atoms with van der Waals surface area (Å²) in [6, 6.07) is 15.4. The maximum Gasteiger partial charge on any atom is 0.316 e. The van der Waals surface area contributed by atoms with Crippen LogP contribution in [0.5, 0.6) is 11.5 Å². The number of carbonyl (C=O) groups is 1. The van der Waals surface area contributed by atoms with Crippen LogP contribution in [0.1, 0.15) is 25.6 Å². The Labute approximate surface area is 164 Å². The Kier molecular flexibility index (Phi) is 5.99. The quantitative estimate of drug-likeness (QED) is 0.614. The molecule has 0 amide bonds. The van der Waals surface area contributed by atoms with Crippen LogP contribution in [0.3, 0.4) is 0 Å². The molecule has 0 aliphatic carbocycles. The van der Waals surface area contributed by atoms with Crippen molar-refractivity contribution in [3.8, 4) is 34.0 Å². The highest BCUT2D eigenvalue weighted by Gasteiger charge is 2.23. The van der Waals surface area contributed by atoms with Crippen LogP contribution >= 0.6 is 0 Å². The van der Waals surface area contributed by atoms with Crippen LogP contribution in [0.25, 0.3) is 22.5 Å². The number of rotatable bonds is 7. The molecule has 1 atom stereocenters. The highest BCUT2D eigenvalue weighted by Crippen LogP contribution is 2.33. The molecule has 0 fully saturated rings.